The van der Waals surface area contributed by atoms with Gasteiger partial charge in [-0.3, -0.25) is 9.59 Å². The fourth-order valence-corrected chi connectivity index (χ4v) is 3.77. The average Bonchev–Trinajstić information content (AvgIpc) is 2.93. The van der Waals surface area contributed by atoms with E-state index in [1.54, 1.807) is 19.1 Å². The molecule has 0 amide bonds. The Hall–Kier alpha value is -2.74. The molecule has 2 aromatic heterocycles. The number of aromatic nitrogens is 2. The molecule has 3 rings (SSSR count). The van der Waals surface area contributed by atoms with E-state index in [1.807, 2.05) is 13.8 Å². The monoisotopic (exact) mass is 404 g/mol. The zero-order chi connectivity index (χ0) is 20.3. The number of benzene rings is 1. The Morgan fingerprint density at radius 1 is 1.36 bits per heavy atom. The highest BCUT2D eigenvalue weighted by Crippen LogP contribution is 2.25. The van der Waals surface area contributed by atoms with Gasteiger partial charge in [-0.1, -0.05) is 6.07 Å². The highest BCUT2D eigenvalue weighted by molar-refractivity contribution is 7.18. The molecule has 3 aromatic rings. The van der Waals surface area contributed by atoms with Crippen molar-refractivity contribution in [2.75, 3.05) is 6.61 Å². The van der Waals surface area contributed by atoms with Gasteiger partial charge in [0, 0.05) is 17.4 Å². The van der Waals surface area contributed by atoms with E-state index in [2.05, 4.69) is 9.97 Å². The summed E-state index contributed by atoms with van der Waals surface area (Å²) in [5.74, 6) is 0.0206. The van der Waals surface area contributed by atoms with Crippen molar-refractivity contribution in [1.82, 2.24) is 9.97 Å². The summed E-state index contributed by atoms with van der Waals surface area (Å²) in [6, 6.07) is 5.76. The summed E-state index contributed by atoms with van der Waals surface area (Å²) < 4.78 is 23.8. The number of rotatable bonds is 7. The summed E-state index contributed by atoms with van der Waals surface area (Å²) in [4.78, 5) is 33.2. The molecule has 148 valence electrons. The van der Waals surface area contributed by atoms with E-state index < -0.39 is 17.9 Å². The van der Waals surface area contributed by atoms with Crippen LogP contribution in [0.3, 0.4) is 0 Å². The maximum absolute atomic E-state index is 13.1. The molecule has 0 aliphatic carbocycles. The van der Waals surface area contributed by atoms with Gasteiger partial charge < -0.3 is 14.5 Å². The molecule has 0 spiro atoms. The molecular weight excluding hydrogens is 383 g/mol. The molecule has 1 N–H and O–H groups in total. The first-order valence-electron chi connectivity index (χ1n) is 8.90. The number of hydrogen-bond acceptors (Lipinski definition) is 6. The number of nitrogens with one attached hydrogen (secondary N) is 1. The molecule has 6 nitrogen and oxygen atoms in total. The fourth-order valence-electron chi connectivity index (χ4n) is 2.73. The largest absolute Gasteiger partial charge is 0.490 e. The second-order valence-electron chi connectivity index (χ2n) is 6.54. The summed E-state index contributed by atoms with van der Waals surface area (Å²) in [7, 11) is 0. The molecule has 2 heterocycles. The number of halogens is 1. The van der Waals surface area contributed by atoms with E-state index in [4.69, 9.17) is 9.47 Å². The summed E-state index contributed by atoms with van der Waals surface area (Å²) >= 11 is 1.47. The first-order valence-corrected chi connectivity index (χ1v) is 9.72. The van der Waals surface area contributed by atoms with E-state index in [-0.39, 0.29) is 25.0 Å². The Morgan fingerprint density at radius 3 is 2.89 bits per heavy atom. The van der Waals surface area contributed by atoms with Crippen molar-refractivity contribution in [3.63, 3.8) is 0 Å². The normalized spacial score (nSPS) is 12.1. The molecule has 8 heteroatoms. The van der Waals surface area contributed by atoms with Gasteiger partial charge in [0.2, 0.25) is 0 Å². The van der Waals surface area contributed by atoms with E-state index in [0.29, 0.717) is 21.8 Å². The lowest BCUT2D eigenvalue weighted by molar-refractivity contribution is -0.149. The third-order valence-corrected chi connectivity index (χ3v) is 5.37. The van der Waals surface area contributed by atoms with Crippen molar-refractivity contribution in [1.29, 1.82) is 0 Å². The molecule has 1 atom stereocenters. The van der Waals surface area contributed by atoms with Crippen LogP contribution < -0.4 is 10.3 Å². The van der Waals surface area contributed by atoms with Gasteiger partial charge in [0.25, 0.3) is 5.56 Å². The Bertz CT molecular complexity index is 1060. The van der Waals surface area contributed by atoms with Crippen LogP contribution in [0.2, 0.25) is 0 Å². The van der Waals surface area contributed by atoms with Crippen LogP contribution in [0.5, 0.6) is 5.75 Å². The Balaban J connectivity index is 1.52. The quantitative estimate of drug-likeness (QED) is 0.608. The number of carbonyl (C=O) groups excluding carboxylic acids is 1. The maximum Gasteiger partial charge on any atom is 0.306 e. The van der Waals surface area contributed by atoms with Gasteiger partial charge in [-0.15, -0.1) is 11.3 Å². The third-order valence-electron chi connectivity index (χ3n) is 4.27. The molecule has 1 unspecified atom stereocenters. The minimum absolute atomic E-state index is 0.0854. The first-order chi connectivity index (χ1) is 13.3. The summed E-state index contributed by atoms with van der Waals surface area (Å²) in [5.41, 5.74) is 0.749. The zero-order valence-electron chi connectivity index (χ0n) is 15.9. The molecule has 0 fully saturated rings. The minimum Gasteiger partial charge on any atom is -0.490 e. The van der Waals surface area contributed by atoms with Crippen LogP contribution in [0.1, 0.15) is 29.6 Å². The zero-order valence-corrected chi connectivity index (χ0v) is 16.7. The summed E-state index contributed by atoms with van der Waals surface area (Å²) in [6.45, 7) is 5.66. The molecule has 0 bridgehead atoms. The Labute approximate surface area is 165 Å². The predicted octanol–water partition coefficient (Wildman–Crippen LogP) is 3.68. The SMILES string of the molecule is Cc1sc2nc(CCC(=O)OC(C)COc3cccc(F)c3)[nH]c(=O)c2c1C. The van der Waals surface area contributed by atoms with Gasteiger partial charge in [-0.25, -0.2) is 9.37 Å². The molecule has 1 aromatic carbocycles. The molecule has 0 radical (unpaired) electrons. The number of nitrogens with zero attached hydrogens (tertiary/aromatic N) is 1. The minimum atomic E-state index is -0.493. The number of thiophene rings is 1. The average molecular weight is 404 g/mol. The lowest BCUT2D eigenvalue weighted by Gasteiger charge is -2.14. The molecule has 0 aliphatic rings. The summed E-state index contributed by atoms with van der Waals surface area (Å²) in [5, 5.41) is 0.608. The maximum atomic E-state index is 13.1. The van der Waals surface area contributed by atoms with Crippen LogP contribution in [0.4, 0.5) is 4.39 Å². The highest BCUT2D eigenvalue weighted by Gasteiger charge is 2.14. The van der Waals surface area contributed by atoms with Crippen molar-refractivity contribution in [2.45, 2.75) is 39.7 Å². The van der Waals surface area contributed by atoms with Crippen LogP contribution in [0.25, 0.3) is 10.2 Å². The second-order valence-corrected chi connectivity index (χ2v) is 7.75. The number of aromatic amines is 1. The molecular formula is C20H21FN2O4S. The summed E-state index contributed by atoms with van der Waals surface area (Å²) in [6.07, 6.45) is -0.132. The Morgan fingerprint density at radius 2 is 2.14 bits per heavy atom. The van der Waals surface area contributed by atoms with Crippen molar-refractivity contribution in [3.05, 3.63) is 56.7 Å². The van der Waals surface area contributed by atoms with Gasteiger partial charge in [0.15, 0.2) is 0 Å². The van der Waals surface area contributed by atoms with Crippen molar-refractivity contribution in [2.24, 2.45) is 0 Å². The van der Waals surface area contributed by atoms with E-state index in [1.165, 1.54) is 23.5 Å². The van der Waals surface area contributed by atoms with Gasteiger partial charge in [0.1, 0.15) is 34.9 Å². The van der Waals surface area contributed by atoms with E-state index in [9.17, 15) is 14.0 Å². The van der Waals surface area contributed by atoms with Gasteiger partial charge in [-0.05, 0) is 38.5 Å². The third kappa shape index (κ3) is 4.75. The number of ether oxygens (including phenoxy) is 2. The van der Waals surface area contributed by atoms with Gasteiger partial charge >= 0.3 is 5.97 Å². The van der Waals surface area contributed by atoms with Crippen LogP contribution >= 0.6 is 11.3 Å². The lowest BCUT2D eigenvalue weighted by Crippen LogP contribution is -2.22. The number of esters is 1. The smallest absolute Gasteiger partial charge is 0.306 e. The number of carbonyl (C=O) groups is 1. The predicted molar refractivity (Wildman–Crippen MR) is 105 cm³/mol. The van der Waals surface area contributed by atoms with Gasteiger partial charge in [-0.2, -0.15) is 0 Å². The van der Waals surface area contributed by atoms with Crippen LogP contribution in [0, 0.1) is 19.7 Å². The van der Waals surface area contributed by atoms with Crippen molar-refractivity contribution >= 4 is 27.5 Å². The molecule has 0 aliphatic heterocycles. The standard InChI is InChI=1S/C20H21FN2O4S/c1-11(10-26-15-6-4-5-14(21)9-15)27-17(24)8-7-16-22-19(25)18-12(2)13(3)28-20(18)23-16/h4-6,9,11H,7-8,10H2,1-3H3,(H,22,23,25). The first kappa shape index (κ1) is 20.0. The topological polar surface area (TPSA) is 81.3 Å². The van der Waals surface area contributed by atoms with E-state index in [0.717, 1.165) is 10.4 Å². The number of H-pyrrole nitrogens is 1. The van der Waals surface area contributed by atoms with E-state index >= 15 is 0 Å². The number of fused-ring (bicyclic) bond motifs is 1. The van der Waals surface area contributed by atoms with Crippen LogP contribution in [-0.2, 0) is 16.0 Å². The lowest BCUT2D eigenvalue weighted by atomic mass is 10.2. The fraction of sp³-hybridized carbons (Fsp3) is 0.350. The van der Waals surface area contributed by atoms with Crippen molar-refractivity contribution < 1.29 is 18.7 Å². The highest BCUT2D eigenvalue weighted by atomic mass is 32.1. The Kier molecular flexibility index (Phi) is 6.08. The molecule has 0 saturated carbocycles. The number of aryl methyl sites for hydroxylation is 3. The van der Waals surface area contributed by atoms with Crippen LogP contribution in [-0.4, -0.2) is 28.6 Å². The number of hydrogen-bond donors (Lipinski definition) is 1. The van der Waals surface area contributed by atoms with Crippen LogP contribution in [0.15, 0.2) is 29.1 Å². The second kappa shape index (κ2) is 8.52. The molecule has 0 saturated heterocycles. The molecule has 28 heavy (non-hydrogen) atoms. The van der Waals surface area contributed by atoms with Gasteiger partial charge in [0.05, 0.1) is 11.8 Å². The van der Waals surface area contributed by atoms with Crippen molar-refractivity contribution in [3.8, 4) is 5.75 Å².